The van der Waals surface area contributed by atoms with Crippen molar-refractivity contribution in [3.05, 3.63) is 34.9 Å². The zero-order valence-corrected chi connectivity index (χ0v) is 12.9. The molecule has 0 heterocycles. The third-order valence-electron chi connectivity index (χ3n) is 3.15. The van der Waals surface area contributed by atoms with Crippen LogP contribution in [0.1, 0.15) is 38.3 Å². The van der Waals surface area contributed by atoms with Gasteiger partial charge in [-0.3, -0.25) is 0 Å². The molecule has 0 spiro atoms. The van der Waals surface area contributed by atoms with Gasteiger partial charge < -0.3 is 15.3 Å². The van der Waals surface area contributed by atoms with Crippen molar-refractivity contribution in [2.45, 2.75) is 32.7 Å². The largest absolute Gasteiger partial charge is 0.395 e. The maximum Gasteiger partial charge on any atom is 0.317 e. The van der Waals surface area contributed by atoms with Crippen LogP contribution < -0.4 is 5.32 Å². The molecular formula is C15H23ClN2O2. The average Bonchev–Trinajstić information content (AvgIpc) is 2.43. The van der Waals surface area contributed by atoms with E-state index in [4.69, 9.17) is 16.7 Å². The van der Waals surface area contributed by atoms with Crippen molar-refractivity contribution < 1.29 is 9.90 Å². The highest BCUT2D eigenvalue weighted by molar-refractivity contribution is 6.31. The first kappa shape index (κ1) is 16.8. The number of rotatable bonds is 7. The first-order chi connectivity index (χ1) is 9.60. The van der Waals surface area contributed by atoms with Crippen LogP contribution in [0.3, 0.4) is 0 Å². The summed E-state index contributed by atoms with van der Waals surface area (Å²) >= 11 is 6.12. The molecule has 0 radical (unpaired) electrons. The van der Waals surface area contributed by atoms with Gasteiger partial charge in [0.25, 0.3) is 0 Å². The van der Waals surface area contributed by atoms with Gasteiger partial charge in [-0.15, -0.1) is 0 Å². The molecule has 1 rings (SSSR count). The first-order valence-corrected chi connectivity index (χ1v) is 7.38. The number of nitrogens with zero attached hydrogens (tertiary/aromatic N) is 1. The monoisotopic (exact) mass is 298 g/mol. The normalized spacial score (nSPS) is 12.0. The minimum atomic E-state index is -0.168. The van der Waals surface area contributed by atoms with E-state index < -0.39 is 0 Å². The number of unbranched alkanes of at least 4 members (excludes halogenated alkanes) is 1. The number of urea groups is 1. The van der Waals surface area contributed by atoms with Crippen molar-refractivity contribution in [1.82, 2.24) is 10.2 Å². The molecule has 0 bridgehead atoms. The second-order valence-corrected chi connectivity index (χ2v) is 5.16. The second-order valence-electron chi connectivity index (χ2n) is 4.76. The van der Waals surface area contributed by atoms with Crippen LogP contribution in [0.5, 0.6) is 0 Å². The molecule has 20 heavy (non-hydrogen) atoms. The van der Waals surface area contributed by atoms with Gasteiger partial charge in [-0.25, -0.2) is 4.79 Å². The first-order valence-electron chi connectivity index (χ1n) is 7.00. The molecule has 5 heteroatoms. The molecule has 0 saturated carbocycles. The molecule has 0 aromatic heterocycles. The Bertz CT molecular complexity index is 426. The fourth-order valence-corrected chi connectivity index (χ4v) is 2.26. The molecular weight excluding hydrogens is 276 g/mol. The lowest BCUT2D eigenvalue weighted by molar-refractivity contribution is 0.173. The number of aliphatic hydroxyl groups is 1. The molecule has 4 nitrogen and oxygen atoms in total. The average molecular weight is 299 g/mol. The van der Waals surface area contributed by atoms with Crippen LogP contribution in [0, 0.1) is 0 Å². The molecule has 0 aliphatic heterocycles. The fourth-order valence-electron chi connectivity index (χ4n) is 1.97. The summed E-state index contributed by atoms with van der Waals surface area (Å²) in [5, 5.41) is 12.6. The Morgan fingerprint density at radius 2 is 2.10 bits per heavy atom. The van der Waals surface area contributed by atoms with E-state index in [-0.39, 0.29) is 18.7 Å². The van der Waals surface area contributed by atoms with Crippen LogP contribution in [-0.2, 0) is 0 Å². The Kier molecular flexibility index (Phi) is 7.41. The molecule has 112 valence electrons. The predicted octanol–water partition coefficient (Wildman–Crippen LogP) is 3.21. The van der Waals surface area contributed by atoms with Crippen LogP contribution in [0.25, 0.3) is 0 Å². The highest BCUT2D eigenvalue weighted by atomic mass is 35.5. The Balaban J connectivity index is 2.65. The van der Waals surface area contributed by atoms with Crippen LogP contribution in [0.15, 0.2) is 24.3 Å². The Hall–Kier alpha value is -1.26. The number of carbonyl (C=O) groups is 1. The van der Waals surface area contributed by atoms with Crippen LogP contribution in [0.2, 0.25) is 5.02 Å². The van der Waals surface area contributed by atoms with Crippen LogP contribution in [0.4, 0.5) is 4.79 Å². The van der Waals surface area contributed by atoms with Crippen LogP contribution >= 0.6 is 11.6 Å². The van der Waals surface area contributed by atoms with E-state index in [1.165, 1.54) is 0 Å². The number of amides is 2. The summed E-state index contributed by atoms with van der Waals surface area (Å²) in [4.78, 5) is 13.8. The maximum atomic E-state index is 12.2. The van der Waals surface area contributed by atoms with Gasteiger partial charge in [0.15, 0.2) is 0 Å². The van der Waals surface area contributed by atoms with Crippen molar-refractivity contribution in [2.75, 3.05) is 19.7 Å². The third-order valence-corrected chi connectivity index (χ3v) is 3.49. The Morgan fingerprint density at radius 1 is 1.40 bits per heavy atom. The second kappa shape index (κ2) is 8.82. The number of halogens is 1. The van der Waals surface area contributed by atoms with E-state index in [9.17, 15) is 4.79 Å². The van der Waals surface area contributed by atoms with E-state index in [0.29, 0.717) is 18.1 Å². The van der Waals surface area contributed by atoms with Gasteiger partial charge in [0, 0.05) is 18.1 Å². The van der Waals surface area contributed by atoms with E-state index in [2.05, 4.69) is 12.2 Å². The zero-order valence-electron chi connectivity index (χ0n) is 12.1. The number of aliphatic hydroxyl groups excluding tert-OH is 1. The minimum Gasteiger partial charge on any atom is -0.395 e. The van der Waals surface area contributed by atoms with Gasteiger partial charge in [-0.2, -0.15) is 0 Å². The minimum absolute atomic E-state index is 0.0302. The van der Waals surface area contributed by atoms with Crippen molar-refractivity contribution in [1.29, 1.82) is 0 Å². The quantitative estimate of drug-likeness (QED) is 0.812. The number of benzene rings is 1. The number of nitrogens with one attached hydrogen (secondary N) is 1. The van der Waals surface area contributed by atoms with Gasteiger partial charge in [-0.05, 0) is 25.0 Å². The smallest absolute Gasteiger partial charge is 0.317 e. The summed E-state index contributed by atoms with van der Waals surface area (Å²) in [7, 11) is 0. The van der Waals surface area contributed by atoms with Crippen LogP contribution in [-0.4, -0.2) is 35.7 Å². The van der Waals surface area contributed by atoms with Crippen molar-refractivity contribution in [3.63, 3.8) is 0 Å². The molecule has 2 amide bonds. The Morgan fingerprint density at radius 3 is 2.70 bits per heavy atom. The molecule has 1 unspecified atom stereocenters. The SMILES string of the molecule is CCCCN(CCO)C(=O)NC(C)c1ccccc1Cl. The highest BCUT2D eigenvalue weighted by Gasteiger charge is 2.17. The molecule has 0 fully saturated rings. The standard InChI is InChI=1S/C15H23ClN2O2/c1-3-4-9-18(10-11-19)15(20)17-12(2)13-7-5-6-8-14(13)16/h5-8,12,19H,3-4,9-11H2,1-2H3,(H,17,20). The lowest BCUT2D eigenvalue weighted by atomic mass is 10.1. The van der Waals surface area contributed by atoms with Gasteiger partial charge in [-0.1, -0.05) is 43.1 Å². The zero-order chi connectivity index (χ0) is 15.0. The van der Waals surface area contributed by atoms with E-state index in [1.54, 1.807) is 4.90 Å². The molecule has 0 saturated heterocycles. The van der Waals surface area contributed by atoms with Gasteiger partial charge >= 0.3 is 6.03 Å². The number of carbonyl (C=O) groups excluding carboxylic acids is 1. The summed E-state index contributed by atoms with van der Waals surface area (Å²) in [6.45, 7) is 4.94. The summed E-state index contributed by atoms with van der Waals surface area (Å²) < 4.78 is 0. The lowest BCUT2D eigenvalue weighted by Gasteiger charge is -2.25. The summed E-state index contributed by atoms with van der Waals surface area (Å²) in [5.74, 6) is 0. The van der Waals surface area contributed by atoms with Gasteiger partial charge in [0.05, 0.1) is 12.6 Å². The molecule has 2 N–H and O–H groups in total. The summed E-state index contributed by atoms with van der Waals surface area (Å²) in [6.07, 6.45) is 1.93. The van der Waals surface area contributed by atoms with E-state index in [0.717, 1.165) is 18.4 Å². The number of hydrogen-bond acceptors (Lipinski definition) is 2. The van der Waals surface area contributed by atoms with Crippen molar-refractivity contribution in [3.8, 4) is 0 Å². The topological polar surface area (TPSA) is 52.6 Å². The molecule has 0 aliphatic rings. The highest BCUT2D eigenvalue weighted by Crippen LogP contribution is 2.22. The lowest BCUT2D eigenvalue weighted by Crippen LogP contribution is -2.43. The summed E-state index contributed by atoms with van der Waals surface area (Å²) in [5.41, 5.74) is 0.891. The molecule has 0 aliphatic carbocycles. The van der Waals surface area contributed by atoms with Crippen molar-refractivity contribution >= 4 is 17.6 Å². The van der Waals surface area contributed by atoms with Gasteiger partial charge in [0.1, 0.15) is 0 Å². The molecule has 1 aromatic rings. The van der Waals surface area contributed by atoms with E-state index in [1.807, 2.05) is 31.2 Å². The predicted molar refractivity (Wildman–Crippen MR) is 82.0 cm³/mol. The van der Waals surface area contributed by atoms with Crippen molar-refractivity contribution in [2.24, 2.45) is 0 Å². The third kappa shape index (κ3) is 5.02. The summed E-state index contributed by atoms with van der Waals surface area (Å²) in [6, 6.07) is 7.13. The molecule has 1 aromatic carbocycles. The number of hydrogen-bond donors (Lipinski definition) is 2. The van der Waals surface area contributed by atoms with E-state index >= 15 is 0 Å². The fraction of sp³-hybridized carbons (Fsp3) is 0.533. The Labute approximate surface area is 125 Å². The maximum absolute atomic E-state index is 12.2. The van der Waals surface area contributed by atoms with Gasteiger partial charge in [0.2, 0.25) is 0 Å². The molecule has 1 atom stereocenters.